The van der Waals surface area contributed by atoms with Crippen LogP contribution in [0.1, 0.15) is 21.8 Å². The van der Waals surface area contributed by atoms with Gasteiger partial charge in [0, 0.05) is 21.7 Å². The monoisotopic (exact) mass is 325 g/mol. The van der Waals surface area contributed by atoms with Gasteiger partial charge in [0.25, 0.3) is 0 Å². The van der Waals surface area contributed by atoms with Gasteiger partial charge in [-0.25, -0.2) is 8.78 Å². The molecule has 0 saturated heterocycles. The Morgan fingerprint density at radius 2 is 1.52 bits per heavy atom. The second kappa shape index (κ2) is 6.21. The third kappa shape index (κ3) is 3.57. The van der Waals surface area contributed by atoms with Gasteiger partial charge in [0.2, 0.25) is 0 Å². The highest BCUT2D eigenvalue weighted by atomic mass is 35.5. The van der Waals surface area contributed by atoms with Crippen molar-refractivity contribution in [2.75, 3.05) is 0 Å². The molecular formula is C15H7Cl2F2NO. The fourth-order valence-corrected chi connectivity index (χ4v) is 2.42. The summed E-state index contributed by atoms with van der Waals surface area (Å²) < 4.78 is 26.4. The second-order valence-corrected chi connectivity index (χ2v) is 5.16. The largest absolute Gasteiger partial charge is 0.292 e. The number of carbonyl (C=O) groups is 1. The van der Waals surface area contributed by atoms with E-state index in [1.807, 2.05) is 0 Å². The first kappa shape index (κ1) is 15.4. The van der Waals surface area contributed by atoms with Crippen molar-refractivity contribution < 1.29 is 13.6 Å². The molecule has 0 radical (unpaired) electrons. The molecule has 0 saturated carbocycles. The van der Waals surface area contributed by atoms with Gasteiger partial charge in [0.05, 0.1) is 6.07 Å². The van der Waals surface area contributed by atoms with E-state index in [0.717, 1.165) is 12.1 Å². The van der Waals surface area contributed by atoms with Gasteiger partial charge in [-0.2, -0.15) is 5.26 Å². The zero-order valence-electron chi connectivity index (χ0n) is 10.4. The van der Waals surface area contributed by atoms with Crippen LogP contribution in [0.3, 0.4) is 0 Å². The van der Waals surface area contributed by atoms with Gasteiger partial charge in [0.15, 0.2) is 5.78 Å². The van der Waals surface area contributed by atoms with Crippen LogP contribution < -0.4 is 0 Å². The Morgan fingerprint density at radius 1 is 1.00 bits per heavy atom. The average Bonchev–Trinajstić information content (AvgIpc) is 2.37. The minimum absolute atomic E-state index is 0.0592. The van der Waals surface area contributed by atoms with E-state index in [-0.39, 0.29) is 21.2 Å². The topological polar surface area (TPSA) is 40.9 Å². The molecule has 0 bridgehead atoms. The van der Waals surface area contributed by atoms with Crippen LogP contribution in [-0.4, -0.2) is 5.78 Å². The maximum atomic E-state index is 13.2. The van der Waals surface area contributed by atoms with Crippen LogP contribution in [0.25, 0.3) is 0 Å². The Hall–Kier alpha value is -1.96. The number of Topliss-reactive ketones (excluding diaryl/α,β-unsaturated/α-hetero) is 1. The number of hydrogen-bond acceptors (Lipinski definition) is 2. The number of halogens is 4. The molecule has 0 N–H and O–H groups in total. The quantitative estimate of drug-likeness (QED) is 0.763. The third-order valence-electron chi connectivity index (χ3n) is 2.76. The van der Waals surface area contributed by atoms with Gasteiger partial charge in [-0.05, 0) is 35.9 Å². The minimum atomic E-state index is -1.34. The fourth-order valence-electron chi connectivity index (χ4n) is 1.89. The molecule has 106 valence electrons. The van der Waals surface area contributed by atoms with Crippen molar-refractivity contribution in [2.45, 2.75) is 5.92 Å². The molecule has 0 aliphatic heterocycles. The van der Waals surface area contributed by atoms with Crippen molar-refractivity contribution in [1.82, 2.24) is 0 Å². The molecular weight excluding hydrogens is 319 g/mol. The lowest BCUT2D eigenvalue weighted by Gasteiger charge is -2.10. The van der Waals surface area contributed by atoms with Crippen LogP contribution in [0.5, 0.6) is 0 Å². The molecule has 0 heterocycles. The van der Waals surface area contributed by atoms with E-state index in [2.05, 4.69) is 0 Å². The highest BCUT2D eigenvalue weighted by Crippen LogP contribution is 2.26. The smallest absolute Gasteiger partial charge is 0.184 e. The zero-order valence-corrected chi connectivity index (χ0v) is 11.9. The number of nitriles is 1. The molecule has 1 atom stereocenters. The number of rotatable bonds is 3. The maximum Gasteiger partial charge on any atom is 0.184 e. The summed E-state index contributed by atoms with van der Waals surface area (Å²) in [7, 11) is 0. The lowest BCUT2D eigenvalue weighted by molar-refractivity contribution is 0.0979. The van der Waals surface area contributed by atoms with Crippen molar-refractivity contribution in [2.24, 2.45) is 0 Å². The molecule has 0 amide bonds. The first-order valence-electron chi connectivity index (χ1n) is 5.76. The summed E-state index contributed by atoms with van der Waals surface area (Å²) in [6.07, 6.45) is 0. The number of hydrogen-bond donors (Lipinski definition) is 0. The minimum Gasteiger partial charge on any atom is -0.292 e. The first-order chi connectivity index (χ1) is 9.90. The van der Waals surface area contributed by atoms with Crippen LogP contribution in [0, 0.1) is 23.0 Å². The van der Waals surface area contributed by atoms with Crippen LogP contribution in [-0.2, 0) is 0 Å². The first-order valence-corrected chi connectivity index (χ1v) is 6.52. The van der Waals surface area contributed by atoms with Crippen molar-refractivity contribution in [1.29, 1.82) is 5.26 Å². The molecule has 1 unspecified atom stereocenters. The van der Waals surface area contributed by atoms with Gasteiger partial charge >= 0.3 is 0 Å². The molecule has 2 nitrogen and oxygen atoms in total. The van der Waals surface area contributed by atoms with Crippen molar-refractivity contribution in [3.05, 3.63) is 69.2 Å². The summed E-state index contributed by atoms with van der Waals surface area (Å²) in [6.45, 7) is 0. The predicted molar refractivity (Wildman–Crippen MR) is 75.5 cm³/mol. The van der Waals surface area contributed by atoms with E-state index in [1.165, 1.54) is 18.2 Å². The maximum absolute atomic E-state index is 13.2. The Bertz CT molecular complexity index is 715. The van der Waals surface area contributed by atoms with Crippen molar-refractivity contribution in [3.63, 3.8) is 0 Å². The lowest BCUT2D eigenvalue weighted by atomic mass is 9.92. The van der Waals surface area contributed by atoms with E-state index in [4.69, 9.17) is 28.5 Å². The van der Waals surface area contributed by atoms with Crippen LogP contribution >= 0.6 is 23.2 Å². The van der Waals surface area contributed by atoms with Gasteiger partial charge in [-0.15, -0.1) is 0 Å². The number of nitrogens with zero attached hydrogens (tertiary/aromatic N) is 1. The predicted octanol–water partition coefficient (Wildman–Crippen LogP) is 4.76. The molecule has 6 heteroatoms. The highest BCUT2D eigenvalue weighted by Gasteiger charge is 2.23. The molecule has 0 fully saturated rings. The van der Waals surface area contributed by atoms with Crippen molar-refractivity contribution >= 4 is 29.0 Å². The summed E-state index contributed by atoms with van der Waals surface area (Å²) in [4.78, 5) is 12.3. The molecule has 0 aliphatic rings. The molecule has 0 aromatic heterocycles. The summed E-state index contributed by atoms with van der Waals surface area (Å²) in [5, 5.41) is 9.61. The Morgan fingerprint density at radius 3 is 2.00 bits per heavy atom. The molecule has 0 aliphatic carbocycles. The summed E-state index contributed by atoms with van der Waals surface area (Å²) >= 11 is 11.6. The van der Waals surface area contributed by atoms with Crippen molar-refractivity contribution in [3.8, 4) is 6.07 Å². The van der Waals surface area contributed by atoms with Gasteiger partial charge in [-0.3, -0.25) is 4.79 Å². The van der Waals surface area contributed by atoms with Gasteiger partial charge < -0.3 is 0 Å². The Balaban J connectivity index is 2.46. The van der Waals surface area contributed by atoms with E-state index < -0.39 is 23.3 Å². The fraction of sp³-hybridized carbons (Fsp3) is 0.0667. The highest BCUT2D eigenvalue weighted by molar-refractivity contribution is 6.35. The molecule has 2 aromatic carbocycles. The lowest BCUT2D eigenvalue weighted by Crippen LogP contribution is -2.12. The van der Waals surface area contributed by atoms with Crippen LogP contribution in [0.4, 0.5) is 8.78 Å². The van der Waals surface area contributed by atoms with E-state index in [1.54, 1.807) is 6.07 Å². The van der Waals surface area contributed by atoms with E-state index >= 15 is 0 Å². The molecule has 2 aromatic rings. The molecule has 2 rings (SSSR count). The molecule has 21 heavy (non-hydrogen) atoms. The number of ketones is 1. The summed E-state index contributed by atoms with van der Waals surface area (Å²) in [5.74, 6) is -3.69. The van der Waals surface area contributed by atoms with Crippen LogP contribution in [0.15, 0.2) is 36.4 Å². The molecule has 0 spiro atoms. The van der Waals surface area contributed by atoms with Gasteiger partial charge in [0.1, 0.15) is 17.6 Å². The number of carbonyl (C=O) groups excluding carboxylic acids is 1. The van der Waals surface area contributed by atoms with Gasteiger partial charge in [-0.1, -0.05) is 23.2 Å². The Labute approximate surface area is 129 Å². The van der Waals surface area contributed by atoms with E-state index in [9.17, 15) is 13.6 Å². The number of benzene rings is 2. The summed E-state index contributed by atoms with van der Waals surface area (Å²) in [5.41, 5.74) is 0.0415. The third-order valence-corrected chi connectivity index (χ3v) is 3.19. The standard InChI is InChI=1S/C15H7Cl2F2NO/c16-10-1-9(2-11(17)5-10)15(21)14(7-20)8-3-12(18)6-13(19)4-8/h1-6,14H. The average molecular weight is 326 g/mol. The summed E-state index contributed by atoms with van der Waals surface area (Å²) in [6, 6.07) is 8.42. The zero-order chi connectivity index (χ0) is 15.6. The van der Waals surface area contributed by atoms with E-state index in [0.29, 0.717) is 6.07 Å². The van der Waals surface area contributed by atoms with Crippen LogP contribution in [0.2, 0.25) is 10.0 Å². The Kier molecular flexibility index (Phi) is 4.56. The second-order valence-electron chi connectivity index (χ2n) is 4.29. The normalized spacial score (nSPS) is 11.8. The SMILES string of the molecule is N#CC(C(=O)c1cc(Cl)cc(Cl)c1)c1cc(F)cc(F)c1.